The number of ether oxygens (including phenoxy) is 1. The van der Waals surface area contributed by atoms with Gasteiger partial charge in [0.15, 0.2) is 5.78 Å². The van der Waals surface area contributed by atoms with Gasteiger partial charge in [-0.05, 0) is 12.8 Å². The van der Waals surface area contributed by atoms with Crippen LogP contribution in [-0.4, -0.2) is 28.5 Å². The smallest absolute Gasteiger partial charge is 0.185 e. The topological polar surface area (TPSA) is 44.1 Å². The zero-order valence-corrected chi connectivity index (χ0v) is 8.27. The molecule has 0 unspecified atom stereocenters. The lowest BCUT2D eigenvalue weighted by molar-refractivity contribution is 0.0542. The molecule has 0 aliphatic carbocycles. The molecule has 0 atom stereocenters. The molecule has 0 aromatic carbocycles. The summed E-state index contributed by atoms with van der Waals surface area (Å²) < 4.78 is 7.01. The molecule has 1 fully saturated rings. The van der Waals surface area contributed by atoms with Crippen molar-refractivity contribution in [3.8, 4) is 0 Å². The number of carbonyl (C=O) groups is 1. The van der Waals surface area contributed by atoms with Gasteiger partial charge in [0.1, 0.15) is 5.69 Å². The number of carbonyl (C=O) groups excluding carboxylic acids is 1. The predicted molar refractivity (Wildman–Crippen MR) is 51.1 cm³/mol. The number of Topliss-reactive ketones (excluding diaryl/α,β-unsaturated/α-hetero) is 1. The zero-order chi connectivity index (χ0) is 9.97. The molecule has 2 rings (SSSR count). The number of aryl methyl sites for hydroxylation is 1. The van der Waals surface area contributed by atoms with Crippen molar-refractivity contribution in [3.05, 3.63) is 18.2 Å². The number of aromatic nitrogens is 2. The number of hydrogen-bond acceptors (Lipinski definition) is 3. The van der Waals surface area contributed by atoms with Gasteiger partial charge in [-0.15, -0.1) is 0 Å². The highest BCUT2D eigenvalue weighted by Crippen LogP contribution is 2.18. The van der Waals surface area contributed by atoms with Crippen LogP contribution in [0.1, 0.15) is 23.3 Å². The van der Waals surface area contributed by atoms with Crippen molar-refractivity contribution in [1.29, 1.82) is 0 Å². The van der Waals surface area contributed by atoms with E-state index in [0.29, 0.717) is 18.9 Å². The van der Waals surface area contributed by atoms with Gasteiger partial charge in [-0.2, -0.15) is 0 Å². The minimum absolute atomic E-state index is 0.110. The van der Waals surface area contributed by atoms with Gasteiger partial charge in [-0.1, -0.05) is 0 Å². The third kappa shape index (κ3) is 1.85. The van der Waals surface area contributed by atoms with Crippen LogP contribution >= 0.6 is 0 Å². The summed E-state index contributed by atoms with van der Waals surface area (Å²) in [6, 6.07) is 0. The largest absolute Gasteiger partial charge is 0.381 e. The molecule has 1 aliphatic rings. The van der Waals surface area contributed by atoms with Crippen LogP contribution in [0.15, 0.2) is 12.5 Å². The molecule has 2 heterocycles. The highest BCUT2D eigenvalue weighted by molar-refractivity contribution is 5.95. The van der Waals surface area contributed by atoms with E-state index in [2.05, 4.69) is 4.98 Å². The van der Waals surface area contributed by atoms with Crippen LogP contribution in [0.2, 0.25) is 0 Å². The molecule has 1 aromatic heterocycles. The molecule has 0 radical (unpaired) electrons. The molecule has 76 valence electrons. The summed E-state index contributed by atoms with van der Waals surface area (Å²) in [6.07, 6.45) is 5.09. The van der Waals surface area contributed by atoms with Gasteiger partial charge in [0.05, 0.1) is 6.33 Å². The normalized spacial score (nSPS) is 18.4. The van der Waals surface area contributed by atoms with E-state index in [-0.39, 0.29) is 11.7 Å². The van der Waals surface area contributed by atoms with Crippen LogP contribution in [0.3, 0.4) is 0 Å². The molecule has 0 amide bonds. The van der Waals surface area contributed by atoms with Gasteiger partial charge in [-0.25, -0.2) is 4.98 Å². The monoisotopic (exact) mass is 194 g/mol. The summed E-state index contributed by atoms with van der Waals surface area (Å²) in [7, 11) is 1.87. The maximum Gasteiger partial charge on any atom is 0.185 e. The van der Waals surface area contributed by atoms with E-state index in [0.717, 1.165) is 12.8 Å². The lowest BCUT2D eigenvalue weighted by Gasteiger charge is -2.19. The number of hydrogen-bond donors (Lipinski definition) is 0. The van der Waals surface area contributed by atoms with E-state index in [1.807, 2.05) is 7.05 Å². The Bertz CT molecular complexity index is 327. The predicted octanol–water partition coefficient (Wildman–Crippen LogP) is 1.03. The fourth-order valence-electron chi connectivity index (χ4n) is 1.71. The van der Waals surface area contributed by atoms with Gasteiger partial charge in [0, 0.05) is 32.4 Å². The second kappa shape index (κ2) is 3.92. The van der Waals surface area contributed by atoms with Crippen LogP contribution in [0.4, 0.5) is 0 Å². The molecular formula is C10H14N2O2. The highest BCUT2D eigenvalue weighted by atomic mass is 16.5. The fourth-order valence-corrected chi connectivity index (χ4v) is 1.71. The van der Waals surface area contributed by atoms with Gasteiger partial charge in [0.2, 0.25) is 0 Å². The molecule has 0 N–H and O–H groups in total. The third-order valence-corrected chi connectivity index (χ3v) is 2.55. The molecule has 0 saturated carbocycles. The molecule has 0 bridgehead atoms. The summed E-state index contributed by atoms with van der Waals surface area (Å²) in [5, 5.41) is 0. The second-order valence-corrected chi connectivity index (χ2v) is 3.68. The summed E-state index contributed by atoms with van der Waals surface area (Å²) in [6.45, 7) is 1.40. The fraction of sp³-hybridized carbons (Fsp3) is 0.600. The summed E-state index contributed by atoms with van der Waals surface area (Å²) >= 11 is 0. The van der Waals surface area contributed by atoms with Crippen molar-refractivity contribution >= 4 is 5.78 Å². The van der Waals surface area contributed by atoms with Crippen molar-refractivity contribution in [2.24, 2.45) is 13.0 Å². The minimum atomic E-state index is 0.110. The van der Waals surface area contributed by atoms with E-state index in [1.165, 1.54) is 0 Å². The van der Waals surface area contributed by atoms with Crippen LogP contribution in [0.5, 0.6) is 0 Å². The Labute approximate surface area is 82.9 Å². The second-order valence-electron chi connectivity index (χ2n) is 3.68. The Morgan fingerprint density at radius 2 is 2.29 bits per heavy atom. The first-order chi connectivity index (χ1) is 6.77. The molecular weight excluding hydrogens is 180 g/mol. The van der Waals surface area contributed by atoms with Gasteiger partial charge >= 0.3 is 0 Å². The first kappa shape index (κ1) is 9.40. The maximum absolute atomic E-state index is 11.9. The lowest BCUT2D eigenvalue weighted by atomic mass is 9.94. The van der Waals surface area contributed by atoms with Crippen molar-refractivity contribution in [2.75, 3.05) is 13.2 Å². The summed E-state index contributed by atoms with van der Waals surface area (Å²) in [5.41, 5.74) is 0.583. The Morgan fingerprint density at radius 1 is 1.57 bits per heavy atom. The Morgan fingerprint density at radius 3 is 2.86 bits per heavy atom. The average molecular weight is 194 g/mol. The molecule has 1 saturated heterocycles. The van der Waals surface area contributed by atoms with E-state index in [4.69, 9.17) is 4.74 Å². The molecule has 1 aliphatic heterocycles. The molecule has 1 aromatic rings. The SMILES string of the molecule is Cn1cnc(C(=O)C2CCOCC2)c1. The Balaban J connectivity index is 2.07. The van der Waals surface area contributed by atoms with Crippen molar-refractivity contribution in [1.82, 2.24) is 9.55 Å². The molecule has 0 spiro atoms. The first-order valence-corrected chi connectivity index (χ1v) is 4.87. The average Bonchev–Trinajstić information content (AvgIpc) is 2.65. The van der Waals surface area contributed by atoms with E-state index in [9.17, 15) is 4.79 Å². The van der Waals surface area contributed by atoms with Gasteiger partial charge in [-0.3, -0.25) is 4.79 Å². The van der Waals surface area contributed by atoms with Crippen LogP contribution in [0, 0.1) is 5.92 Å². The zero-order valence-electron chi connectivity index (χ0n) is 8.27. The standard InChI is InChI=1S/C10H14N2O2/c1-12-6-9(11-7-12)10(13)8-2-4-14-5-3-8/h6-8H,2-5H2,1H3. The number of nitrogens with zero attached hydrogens (tertiary/aromatic N) is 2. The highest BCUT2D eigenvalue weighted by Gasteiger charge is 2.23. The van der Waals surface area contributed by atoms with Crippen LogP contribution in [-0.2, 0) is 11.8 Å². The minimum Gasteiger partial charge on any atom is -0.381 e. The van der Waals surface area contributed by atoms with Gasteiger partial charge in [0.25, 0.3) is 0 Å². The lowest BCUT2D eigenvalue weighted by Crippen LogP contribution is -2.23. The first-order valence-electron chi connectivity index (χ1n) is 4.87. The molecule has 4 nitrogen and oxygen atoms in total. The van der Waals surface area contributed by atoms with E-state index < -0.39 is 0 Å². The van der Waals surface area contributed by atoms with E-state index >= 15 is 0 Å². The van der Waals surface area contributed by atoms with Crippen molar-refractivity contribution < 1.29 is 9.53 Å². The molecule has 14 heavy (non-hydrogen) atoms. The Kier molecular flexibility index (Phi) is 2.63. The number of imidazole rings is 1. The van der Waals surface area contributed by atoms with Gasteiger partial charge < -0.3 is 9.30 Å². The van der Waals surface area contributed by atoms with E-state index in [1.54, 1.807) is 17.1 Å². The molecule has 4 heteroatoms. The third-order valence-electron chi connectivity index (χ3n) is 2.55. The number of rotatable bonds is 2. The number of ketones is 1. The Hall–Kier alpha value is -1.16. The summed E-state index contributed by atoms with van der Waals surface area (Å²) in [5.74, 6) is 0.271. The summed E-state index contributed by atoms with van der Waals surface area (Å²) in [4.78, 5) is 15.9. The van der Waals surface area contributed by atoms with Crippen LogP contribution in [0.25, 0.3) is 0 Å². The van der Waals surface area contributed by atoms with Crippen LogP contribution < -0.4 is 0 Å². The van der Waals surface area contributed by atoms with Crippen molar-refractivity contribution in [2.45, 2.75) is 12.8 Å². The quantitative estimate of drug-likeness (QED) is 0.660. The maximum atomic E-state index is 11.9. The van der Waals surface area contributed by atoms with Crippen molar-refractivity contribution in [3.63, 3.8) is 0 Å².